The molecule has 1 saturated carbocycles. The van der Waals surface area contributed by atoms with Crippen LogP contribution in [0.4, 0.5) is 5.95 Å². The summed E-state index contributed by atoms with van der Waals surface area (Å²) >= 11 is 0. The van der Waals surface area contributed by atoms with Crippen molar-refractivity contribution in [2.45, 2.75) is 45.6 Å². The number of hydrogen-bond acceptors (Lipinski definition) is 4. The summed E-state index contributed by atoms with van der Waals surface area (Å²) in [7, 11) is 0. The topological polar surface area (TPSA) is 58.1 Å². The highest BCUT2D eigenvalue weighted by atomic mass is 16.2. The molecule has 0 aromatic carbocycles. The summed E-state index contributed by atoms with van der Waals surface area (Å²) in [5.41, 5.74) is 0.471. The number of nitrogens with one attached hydrogen (secondary N) is 1. The molecule has 1 amide bonds. The fraction of sp³-hybridized carbons (Fsp3) is 0.643. The second-order valence-corrected chi connectivity index (χ2v) is 4.87. The zero-order valence-corrected chi connectivity index (χ0v) is 11.7. The third-order valence-electron chi connectivity index (χ3n) is 3.61. The summed E-state index contributed by atoms with van der Waals surface area (Å²) in [6.07, 6.45) is 6.50. The minimum absolute atomic E-state index is 0.0260. The van der Waals surface area contributed by atoms with Crippen LogP contribution in [-0.2, 0) is 0 Å². The Morgan fingerprint density at radius 1 is 1.37 bits per heavy atom. The van der Waals surface area contributed by atoms with Gasteiger partial charge in [-0.25, -0.2) is 9.97 Å². The number of hydrogen-bond donors (Lipinski definition) is 1. The van der Waals surface area contributed by atoms with Crippen molar-refractivity contribution in [3.8, 4) is 0 Å². The van der Waals surface area contributed by atoms with Crippen LogP contribution in [0.2, 0.25) is 0 Å². The van der Waals surface area contributed by atoms with E-state index in [0.717, 1.165) is 12.8 Å². The van der Waals surface area contributed by atoms with Crippen molar-refractivity contribution in [3.63, 3.8) is 0 Å². The molecule has 1 aromatic heterocycles. The zero-order chi connectivity index (χ0) is 13.7. The lowest BCUT2D eigenvalue weighted by molar-refractivity contribution is 0.0767. The first kappa shape index (κ1) is 13.8. The third kappa shape index (κ3) is 3.43. The summed E-state index contributed by atoms with van der Waals surface area (Å²) in [4.78, 5) is 22.5. The quantitative estimate of drug-likeness (QED) is 0.884. The Morgan fingerprint density at radius 2 is 2.05 bits per heavy atom. The first-order chi connectivity index (χ1) is 9.24. The van der Waals surface area contributed by atoms with Gasteiger partial charge in [0.15, 0.2) is 0 Å². The molecule has 0 unspecified atom stereocenters. The fourth-order valence-corrected chi connectivity index (χ4v) is 2.47. The van der Waals surface area contributed by atoms with Gasteiger partial charge in [0, 0.05) is 25.3 Å². The van der Waals surface area contributed by atoms with Crippen LogP contribution >= 0.6 is 0 Å². The van der Waals surface area contributed by atoms with Crippen LogP contribution < -0.4 is 5.32 Å². The molecule has 1 fully saturated rings. The van der Waals surface area contributed by atoms with Gasteiger partial charge in [-0.3, -0.25) is 4.79 Å². The average molecular weight is 262 g/mol. The second kappa shape index (κ2) is 6.50. The highest BCUT2D eigenvalue weighted by molar-refractivity contribution is 5.92. The van der Waals surface area contributed by atoms with E-state index in [9.17, 15) is 4.79 Å². The van der Waals surface area contributed by atoms with E-state index in [0.29, 0.717) is 30.8 Å². The highest BCUT2D eigenvalue weighted by Gasteiger charge is 2.18. The summed E-state index contributed by atoms with van der Waals surface area (Å²) in [5.74, 6) is 0.548. The van der Waals surface area contributed by atoms with E-state index in [1.54, 1.807) is 17.2 Å². The van der Waals surface area contributed by atoms with Crippen LogP contribution in [0.25, 0.3) is 0 Å². The lowest BCUT2D eigenvalue weighted by Gasteiger charge is -2.18. The van der Waals surface area contributed by atoms with Crippen LogP contribution in [0, 0.1) is 0 Å². The smallest absolute Gasteiger partial charge is 0.272 e. The first-order valence-corrected chi connectivity index (χ1v) is 7.13. The third-order valence-corrected chi connectivity index (χ3v) is 3.61. The maximum atomic E-state index is 12.2. The van der Waals surface area contributed by atoms with Crippen molar-refractivity contribution >= 4 is 11.9 Å². The van der Waals surface area contributed by atoms with Gasteiger partial charge in [-0.2, -0.15) is 0 Å². The molecule has 1 heterocycles. The molecule has 5 heteroatoms. The number of carbonyl (C=O) groups is 1. The van der Waals surface area contributed by atoms with Crippen molar-refractivity contribution in [1.29, 1.82) is 0 Å². The van der Waals surface area contributed by atoms with E-state index in [1.165, 1.54) is 12.8 Å². The monoisotopic (exact) mass is 262 g/mol. The van der Waals surface area contributed by atoms with Gasteiger partial charge >= 0.3 is 0 Å². The molecule has 1 N–H and O–H groups in total. The summed E-state index contributed by atoms with van der Waals surface area (Å²) in [6.45, 7) is 5.34. The van der Waals surface area contributed by atoms with Gasteiger partial charge in [-0.05, 0) is 32.8 Å². The normalized spacial score (nSPS) is 15.5. The maximum Gasteiger partial charge on any atom is 0.272 e. The van der Waals surface area contributed by atoms with Gasteiger partial charge in [-0.15, -0.1) is 0 Å². The lowest BCUT2D eigenvalue weighted by Crippen LogP contribution is -2.31. The number of carbonyl (C=O) groups excluding carboxylic acids is 1. The van der Waals surface area contributed by atoms with Gasteiger partial charge < -0.3 is 10.2 Å². The zero-order valence-electron chi connectivity index (χ0n) is 11.7. The van der Waals surface area contributed by atoms with E-state index < -0.39 is 0 Å². The predicted molar refractivity (Wildman–Crippen MR) is 75.2 cm³/mol. The average Bonchev–Trinajstić information content (AvgIpc) is 2.93. The predicted octanol–water partition coefficient (Wildman–Crippen LogP) is 2.31. The standard InChI is InChI=1S/C14H22N4O/c1-3-18(4-2)13(19)12-9-10-15-14(17-12)16-11-7-5-6-8-11/h9-11H,3-8H2,1-2H3,(H,15,16,17). The first-order valence-electron chi connectivity index (χ1n) is 7.13. The minimum atomic E-state index is -0.0260. The van der Waals surface area contributed by atoms with Gasteiger partial charge in [0.1, 0.15) is 5.69 Å². The van der Waals surface area contributed by atoms with Gasteiger partial charge in [-0.1, -0.05) is 12.8 Å². The molecule has 2 rings (SSSR count). The molecule has 0 atom stereocenters. The van der Waals surface area contributed by atoms with Crippen LogP contribution in [0.15, 0.2) is 12.3 Å². The highest BCUT2D eigenvalue weighted by Crippen LogP contribution is 2.20. The molecule has 0 bridgehead atoms. The maximum absolute atomic E-state index is 12.2. The van der Waals surface area contributed by atoms with Crippen LogP contribution in [0.5, 0.6) is 0 Å². The number of anilines is 1. The summed E-state index contributed by atoms with van der Waals surface area (Å²) < 4.78 is 0. The Hall–Kier alpha value is -1.65. The Morgan fingerprint density at radius 3 is 2.68 bits per heavy atom. The molecule has 0 radical (unpaired) electrons. The van der Waals surface area contributed by atoms with E-state index in [-0.39, 0.29) is 5.91 Å². The number of amides is 1. The summed E-state index contributed by atoms with van der Waals surface area (Å²) in [5, 5.41) is 3.32. The van der Waals surface area contributed by atoms with Crippen LogP contribution in [0.3, 0.4) is 0 Å². The van der Waals surface area contributed by atoms with Crippen molar-refractivity contribution < 1.29 is 4.79 Å². The Labute approximate surface area is 114 Å². The molecular weight excluding hydrogens is 240 g/mol. The summed E-state index contributed by atoms with van der Waals surface area (Å²) in [6, 6.07) is 2.14. The van der Waals surface area contributed by atoms with Gasteiger partial charge in [0.2, 0.25) is 5.95 Å². The van der Waals surface area contributed by atoms with Crippen molar-refractivity contribution in [1.82, 2.24) is 14.9 Å². The van der Waals surface area contributed by atoms with Crippen molar-refractivity contribution in [2.24, 2.45) is 0 Å². The molecule has 0 saturated heterocycles. The van der Waals surface area contributed by atoms with E-state index in [2.05, 4.69) is 15.3 Å². The van der Waals surface area contributed by atoms with E-state index in [4.69, 9.17) is 0 Å². The van der Waals surface area contributed by atoms with E-state index >= 15 is 0 Å². The van der Waals surface area contributed by atoms with Gasteiger partial charge in [0.05, 0.1) is 0 Å². The molecule has 5 nitrogen and oxygen atoms in total. The Balaban J connectivity index is 2.07. The van der Waals surface area contributed by atoms with Crippen LogP contribution in [-0.4, -0.2) is 39.9 Å². The van der Waals surface area contributed by atoms with Gasteiger partial charge in [0.25, 0.3) is 5.91 Å². The molecule has 19 heavy (non-hydrogen) atoms. The molecular formula is C14H22N4O. The van der Waals surface area contributed by atoms with Crippen molar-refractivity contribution in [3.05, 3.63) is 18.0 Å². The molecule has 0 spiro atoms. The molecule has 1 aromatic rings. The Bertz CT molecular complexity index is 425. The van der Waals surface area contributed by atoms with Crippen LogP contribution in [0.1, 0.15) is 50.0 Å². The SMILES string of the molecule is CCN(CC)C(=O)c1ccnc(NC2CCCC2)n1. The minimum Gasteiger partial charge on any atom is -0.351 e. The molecule has 0 aliphatic heterocycles. The molecule has 1 aliphatic carbocycles. The largest absolute Gasteiger partial charge is 0.351 e. The number of rotatable bonds is 5. The molecule has 104 valence electrons. The second-order valence-electron chi connectivity index (χ2n) is 4.87. The molecule has 1 aliphatic rings. The lowest BCUT2D eigenvalue weighted by atomic mass is 10.2. The fourth-order valence-electron chi connectivity index (χ4n) is 2.47. The van der Waals surface area contributed by atoms with Crippen molar-refractivity contribution in [2.75, 3.05) is 18.4 Å². The van der Waals surface area contributed by atoms with E-state index in [1.807, 2.05) is 13.8 Å². The number of aromatic nitrogens is 2. The Kier molecular flexibility index (Phi) is 4.71. The number of nitrogens with zero attached hydrogens (tertiary/aromatic N) is 3.